The first kappa shape index (κ1) is 27.9. The van der Waals surface area contributed by atoms with Crippen molar-refractivity contribution in [1.29, 1.82) is 0 Å². The van der Waals surface area contributed by atoms with Crippen LogP contribution < -0.4 is 9.80 Å². The van der Waals surface area contributed by atoms with Crippen LogP contribution in [0.5, 0.6) is 0 Å². The second-order valence-electron chi connectivity index (χ2n) is 9.98. The Balaban J connectivity index is 1.67. The number of benzene rings is 1. The third-order valence-electron chi connectivity index (χ3n) is 8.08. The van der Waals surface area contributed by atoms with Gasteiger partial charge in [-0.15, -0.1) is 13.2 Å². The second-order valence-corrected chi connectivity index (χ2v) is 9.98. The lowest BCUT2D eigenvalue weighted by Gasteiger charge is -2.36. The third-order valence-corrected chi connectivity index (χ3v) is 8.08. The molecule has 3 saturated heterocycles. The zero-order valence-electron chi connectivity index (χ0n) is 22.4. The Morgan fingerprint density at radius 3 is 2.47 bits per heavy atom. The highest BCUT2D eigenvalue weighted by Gasteiger charge is 2.75. The molecule has 2 amide bonds. The molecule has 3 aliphatic heterocycles. The number of aliphatic hydroxyl groups excluding tert-OH is 1. The van der Waals surface area contributed by atoms with Crippen LogP contribution in [0.4, 0.5) is 11.4 Å². The van der Waals surface area contributed by atoms with Gasteiger partial charge in [0.15, 0.2) is 0 Å². The minimum atomic E-state index is -1.14. The van der Waals surface area contributed by atoms with Crippen LogP contribution in [0.3, 0.4) is 0 Å². The van der Waals surface area contributed by atoms with Gasteiger partial charge in [-0.3, -0.25) is 14.4 Å². The molecule has 4 rings (SSSR count). The molecule has 38 heavy (non-hydrogen) atoms. The van der Waals surface area contributed by atoms with E-state index in [0.29, 0.717) is 24.9 Å². The Hall–Kier alpha value is -3.17. The van der Waals surface area contributed by atoms with Crippen LogP contribution in [0.2, 0.25) is 0 Å². The molecule has 2 unspecified atom stereocenters. The molecule has 1 spiro atoms. The number of carbonyl (C=O) groups is 3. The van der Waals surface area contributed by atoms with Crippen LogP contribution in [0, 0.1) is 11.8 Å². The van der Waals surface area contributed by atoms with Crippen molar-refractivity contribution in [2.45, 2.75) is 50.9 Å². The summed E-state index contributed by atoms with van der Waals surface area (Å²) in [7, 11) is 0. The van der Waals surface area contributed by atoms with Gasteiger partial charge in [0.05, 0.1) is 31.2 Å². The lowest BCUT2D eigenvalue weighted by atomic mass is 9.70. The van der Waals surface area contributed by atoms with Gasteiger partial charge in [-0.1, -0.05) is 12.2 Å². The van der Waals surface area contributed by atoms with E-state index < -0.39 is 35.6 Å². The summed E-state index contributed by atoms with van der Waals surface area (Å²) in [6.07, 6.45) is 4.37. The molecule has 0 aromatic heterocycles. The lowest BCUT2D eigenvalue weighted by Crippen LogP contribution is -2.56. The number of carbonyl (C=O) groups excluding carboxylic acids is 3. The Bertz CT molecular complexity index is 1050. The van der Waals surface area contributed by atoms with Crippen LogP contribution in [0.15, 0.2) is 49.6 Å². The predicted octanol–water partition coefficient (Wildman–Crippen LogP) is 2.54. The van der Waals surface area contributed by atoms with E-state index in [9.17, 15) is 19.5 Å². The van der Waals surface area contributed by atoms with E-state index in [1.54, 1.807) is 17.1 Å². The van der Waals surface area contributed by atoms with Gasteiger partial charge in [0.2, 0.25) is 5.91 Å². The number of likely N-dealkylation sites (tertiary alicyclic amines) is 1. The average Bonchev–Trinajstić information content (AvgIpc) is 3.56. The van der Waals surface area contributed by atoms with Gasteiger partial charge in [0, 0.05) is 37.6 Å². The van der Waals surface area contributed by atoms with Crippen molar-refractivity contribution < 1.29 is 29.0 Å². The van der Waals surface area contributed by atoms with Gasteiger partial charge < -0.3 is 29.3 Å². The molecule has 2 bridgehead atoms. The number of fused-ring (bicyclic) bond motifs is 1. The first-order valence-electron chi connectivity index (χ1n) is 13.5. The molecule has 3 aliphatic rings. The summed E-state index contributed by atoms with van der Waals surface area (Å²) in [5.74, 6) is -2.74. The molecular weight excluding hydrogens is 486 g/mol. The first-order valence-corrected chi connectivity index (χ1v) is 13.5. The number of esters is 1. The molecule has 1 aromatic rings. The van der Waals surface area contributed by atoms with Crippen molar-refractivity contribution in [2.24, 2.45) is 11.8 Å². The van der Waals surface area contributed by atoms with Gasteiger partial charge in [-0.2, -0.15) is 0 Å². The number of rotatable bonds is 13. The van der Waals surface area contributed by atoms with Gasteiger partial charge in [-0.25, -0.2) is 0 Å². The molecule has 206 valence electrons. The molecule has 1 N–H and O–H groups in total. The maximum absolute atomic E-state index is 14.3. The van der Waals surface area contributed by atoms with E-state index in [1.165, 1.54) is 4.90 Å². The zero-order valence-corrected chi connectivity index (χ0v) is 22.4. The van der Waals surface area contributed by atoms with E-state index >= 15 is 0 Å². The molecule has 9 heteroatoms. The van der Waals surface area contributed by atoms with E-state index in [-0.39, 0.29) is 38.1 Å². The number of hydrogen-bond donors (Lipinski definition) is 1. The molecule has 3 fully saturated rings. The summed E-state index contributed by atoms with van der Waals surface area (Å²) in [6, 6.07) is 6.77. The van der Waals surface area contributed by atoms with Crippen molar-refractivity contribution in [2.75, 3.05) is 49.2 Å². The van der Waals surface area contributed by atoms with Crippen LogP contribution in [-0.4, -0.2) is 84.9 Å². The van der Waals surface area contributed by atoms with E-state index in [4.69, 9.17) is 9.47 Å². The summed E-state index contributed by atoms with van der Waals surface area (Å²) in [6.45, 7) is 13.5. The highest BCUT2D eigenvalue weighted by Crippen LogP contribution is 2.58. The van der Waals surface area contributed by atoms with Crippen molar-refractivity contribution >= 4 is 29.2 Å². The molecule has 9 nitrogen and oxygen atoms in total. The van der Waals surface area contributed by atoms with Crippen molar-refractivity contribution in [3.8, 4) is 0 Å². The largest absolute Gasteiger partial charge is 0.465 e. The van der Waals surface area contributed by atoms with Gasteiger partial charge in [0.25, 0.3) is 5.91 Å². The van der Waals surface area contributed by atoms with E-state index in [2.05, 4.69) is 31.9 Å². The Morgan fingerprint density at radius 2 is 1.87 bits per heavy atom. The van der Waals surface area contributed by atoms with E-state index in [1.807, 2.05) is 24.3 Å². The SMILES string of the molecule is C=CCCOC(=O)[C@@H]1[C@@H]2CCC3(O2)C(C(=O)N(CC=C)c2ccc(N(CC)CC)cc2)N(CCO)C(=O)[C@H]13. The number of amides is 2. The quantitative estimate of drug-likeness (QED) is 0.240. The molecule has 5 atom stereocenters. The minimum Gasteiger partial charge on any atom is -0.465 e. The maximum atomic E-state index is 14.3. The molecular formula is C29H39N3O6. The van der Waals surface area contributed by atoms with Crippen LogP contribution >= 0.6 is 0 Å². The standard InChI is InChI=1S/C29H39N3O6/c1-5-9-19-37-28(36)23-22-14-15-29(38-22)24(23)26(34)32(17-18-33)25(29)27(35)31(16-6-2)21-12-10-20(11-13-21)30(7-3)8-4/h5-6,10-13,22-25,33H,1-2,7-9,14-19H2,3-4H3/t22-,23+,24-,25?,29?/m0/s1. The van der Waals surface area contributed by atoms with Gasteiger partial charge in [-0.05, 0) is 57.4 Å². The fraction of sp³-hybridized carbons (Fsp3) is 0.552. The smallest absolute Gasteiger partial charge is 0.312 e. The monoisotopic (exact) mass is 525 g/mol. The lowest BCUT2D eigenvalue weighted by molar-refractivity contribution is -0.155. The number of β-amino-alcohol motifs (C(OH)–C–C–N with tert-alkyl or cyclic N) is 1. The van der Waals surface area contributed by atoms with Crippen molar-refractivity contribution in [3.63, 3.8) is 0 Å². The van der Waals surface area contributed by atoms with Crippen LogP contribution in [0.25, 0.3) is 0 Å². The summed E-state index contributed by atoms with van der Waals surface area (Å²) in [4.78, 5) is 46.3. The summed E-state index contributed by atoms with van der Waals surface area (Å²) >= 11 is 0. The summed E-state index contributed by atoms with van der Waals surface area (Å²) < 4.78 is 11.8. The highest BCUT2D eigenvalue weighted by molar-refractivity contribution is 6.04. The zero-order chi connectivity index (χ0) is 27.4. The Morgan fingerprint density at radius 1 is 1.18 bits per heavy atom. The average molecular weight is 526 g/mol. The number of hydrogen-bond acceptors (Lipinski definition) is 7. The Kier molecular flexibility index (Phi) is 8.57. The molecule has 3 heterocycles. The van der Waals surface area contributed by atoms with Gasteiger partial charge in [0.1, 0.15) is 11.6 Å². The number of aliphatic hydroxyl groups is 1. The molecule has 0 saturated carbocycles. The normalized spacial score (nSPS) is 27.2. The van der Waals surface area contributed by atoms with Crippen LogP contribution in [-0.2, 0) is 23.9 Å². The Labute approximate surface area is 224 Å². The highest BCUT2D eigenvalue weighted by atomic mass is 16.6. The van der Waals surface area contributed by atoms with Crippen LogP contribution in [0.1, 0.15) is 33.1 Å². The first-order chi connectivity index (χ1) is 18.4. The molecule has 0 aliphatic carbocycles. The number of anilines is 2. The topological polar surface area (TPSA) is 99.6 Å². The molecule has 0 radical (unpaired) electrons. The fourth-order valence-electron chi connectivity index (χ4n) is 6.42. The fourth-order valence-corrected chi connectivity index (χ4v) is 6.42. The van der Waals surface area contributed by atoms with Crippen molar-refractivity contribution in [3.05, 3.63) is 49.6 Å². The van der Waals surface area contributed by atoms with E-state index in [0.717, 1.165) is 18.8 Å². The van der Waals surface area contributed by atoms with Gasteiger partial charge >= 0.3 is 5.97 Å². The summed E-state index contributed by atoms with van der Waals surface area (Å²) in [5.41, 5.74) is 0.586. The summed E-state index contributed by atoms with van der Waals surface area (Å²) in [5, 5.41) is 9.80. The van der Waals surface area contributed by atoms with Crippen molar-refractivity contribution in [1.82, 2.24) is 4.90 Å². The molecule has 1 aromatic carbocycles. The third kappa shape index (κ3) is 4.62. The number of nitrogens with zero attached hydrogens (tertiary/aromatic N) is 3. The predicted molar refractivity (Wildman–Crippen MR) is 145 cm³/mol. The second kappa shape index (κ2) is 11.7. The number of ether oxygens (including phenoxy) is 2. The minimum absolute atomic E-state index is 0.0252. The maximum Gasteiger partial charge on any atom is 0.312 e.